The fourth-order valence-corrected chi connectivity index (χ4v) is 4.07. The molecule has 0 aliphatic heterocycles. The molecule has 5 rings (SSSR count). The molecule has 0 spiro atoms. The van der Waals surface area contributed by atoms with Crippen LogP contribution in [0, 0.1) is 0 Å². The molecule has 0 saturated carbocycles. The molecule has 2 aromatic carbocycles. The highest BCUT2D eigenvalue weighted by Gasteiger charge is 2.32. The van der Waals surface area contributed by atoms with E-state index in [2.05, 4.69) is 26.7 Å². The molecule has 0 radical (unpaired) electrons. The van der Waals surface area contributed by atoms with E-state index in [4.69, 9.17) is 10.7 Å². The van der Waals surface area contributed by atoms with Crippen molar-refractivity contribution in [2.75, 3.05) is 6.54 Å². The molecular formula is C23H20N6O2. The number of hydrogen-bond donors (Lipinski definition) is 4. The Hall–Kier alpha value is -4.20. The number of nitrogens with one attached hydrogen (secondary N) is 3. The molecule has 2 heterocycles. The second-order valence-corrected chi connectivity index (χ2v) is 7.38. The van der Waals surface area contributed by atoms with E-state index in [0.29, 0.717) is 0 Å². The van der Waals surface area contributed by atoms with Crippen LogP contribution in [0.4, 0.5) is 4.79 Å². The van der Waals surface area contributed by atoms with Crippen molar-refractivity contribution in [1.82, 2.24) is 25.6 Å². The van der Waals surface area contributed by atoms with E-state index in [1.54, 1.807) is 12.4 Å². The Balaban J connectivity index is 1.54. The number of aromatic nitrogens is 3. The van der Waals surface area contributed by atoms with Crippen molar-refractivity contribution in [3.05, 3.63) is 72.1 Å². The summed E-state index contributed by atoms with van der Waals surface area (Å²) in [5.41, 5.74) is 11.9. The number of rotatable bonds is 5. The second-order valence-electron chi connectivity index (χ2n) is 7.38. The Morgan fingerprint density at radius 3 is 2.68 bits per heavy atom. The van der Waals surface area contributed by atoms with Gasteiger partial charge in [-0.1, -0.05) is 42.5 Å². The number of nitrogens with zero attached hydrogens (tertiary/aromatic N) is 2. The summed E-state index contributed by atoms with van der Waals surface area (Å²) in [7, 11) is 0. The zero-order chi connectivity index (χ0) is 21.4. The number of amides is 3. The fourth-order valence-electron chi connectivity index (χ4n) is 4.07. The van der Waals surface area contributed by atoms with Gasteiger partial charge in [0.25, 0.3) is 0 Å². The molecule has 2 aromatic heterocycles. The number of primary amides is 1. The van der Waals surface area contributed by atoms with Crippen molar-refractivity contribution in [3.63, 3.8) is 0 Å². The molecule has 8 heteroatoms. The van der Waals surface area contributed by atoms with Crippen molar-refractivity contribution >= 4 is 23.0 Å². The van der Waals surface area contributed by atoms with Crippen LogP contribution in [0.1, 0.15) is 23.6 Å². The number of benzene rings is 2. The third-order valence-corrected chi connectivity index (χ3v) is 5.42. The molecule has 1 atom stereocenters. The van der Waals surface area contributed by atoms with Crippen molar-refractivity contribution in [2.24, 2.45) is 5.73 Å². The first-order valence-electron chi connectivity index (χ1n) is 9.97. The van der Waals surface area contributed by atoms with E-state index in [1.807, 2.05) is 42.5 Å². The van der Waals surface area contributed by atoms with Crippen LogP contribution in [-0.2, 0) is 4.79 Å². The molecule has 8 nitrogen and oxygen atoms in total. The van der Waals surface area contributed by atoms with Crippen LogP contribution in [0.5, 0.6) is 0 Å². The summed E-state index contributed by atoms with van der Waals surface area (Å²) in [4.78, 5) is 35.6. The van der Waals surface area contributed by atoms with E-state index in [1.165, 1.54) is 0 Å². The van der Waals surface area contributed by atoms with E-state index in [9.17, 15) is 9.59 Å². The van der Waals surface area contributed by atoms with E-state index >= 15 is 0 Å². The third kappa shape index (κ3) is 3.38. The highest BCUT2D eigenvalue weighted by Crippen LogP contribution is 2.47. The average Bonchev–Trinajstić information content (AvgIpc) is 3.33. The molecule has 4 aromatic rings. The second kappa shape index (κ2) is 7.56. The van der Waals surface area contributed by atoms with E-state index < -0.39 is 5.91 Å². The zero-order valence-electron chi connectivity index (χ0n) is 16.6. The summed E-state index contributed by atoms with van der Waals surface area (Å²) in [6.45, 7) is 0.190. The van der Waals surface area contributed by atoms with Gasteiger partial charge in [-0.2, -0.15) is 0 Å². The van der Waals surface area contributed by atoms with Gasteiger partial charge in [0.05, 0.1) is 23.3 Å². The van der Waals surface area contributed by atoms with Crippen LogP contribution in [0.2, 0.25) is 0 Å². The summed E-state index contributed by atoms with van der Waals surface area (Å²) in [5.74, 6) is 0.295. The highest BCUT2D eigenvalue weighted by molar-refractivity contribution is 5.92. The number of fused-ring (bicyclic) bond motifs is 4. The van der Waals surface area contributed by atoms with Gasteiger partial charge in [0.15, 0.2) is 0 Å². The normalized spacial score (nSPS) is 14.1. The fraction of sp³-hybridized carbons (Fsp3) is 0.130. The quantitative estimate of drug-likeness (QED) is 0.402. The molecule has 3 amide bonds. The maximum Gasteiger partial charge on any atom is 0.315 e. The molecule has 1 unspecified atom stereocenters. The largest absolute Gasteiger partial charge is 0.370 e. The molecule has 1 aliphatic rings. The lowest BCUT2D eigenvalue weighted by molar-refractivity contribution is -0.117. The van der Waals surface area contributed by atoms with Crippen LogP contribution in [-0.4, -0.2) is 33.4 Å². The maximum absolute atomic E-state index is 12.5. The zero-order valence-corrected chi connectivity index (χ0v) is 16.6. The van der Waals surface area contributed by atoms with Crippen LogP contribution in [0.15, 0.2) is 60.9 Å². The summed E-state index contributed by atoms with van der Waals surface area (Å²) >= 11 is 0. The average molecular weight is 412 g/mol. The number of imidazole rings is 1. The number of pyridine rings is 1. The topological polar surface area (TPSA) is 126 Å². The van der Waals surface area contributed by atoms with Gasteiger partial charge in [-0.3, -0.25) is 9.78 Å². The van der Waals surface area contributed by atoms with Gasteiger partial charge in [-0.05, 0) is 28.3 Å². The minimum absolute atomic E-state index is 0.0936. The van der Waals surface area contributed by atoms with Crippen molar-refractivity contribution in [2.45, 2.75) is 12.5 Å². The number of hydrogen-bond acceptors (Lipinski definition) is 4. The Bertz CT molecular complexity index is 1280. The third-order valence-electron chi connectivity index (χ3n) is 5.42. The minimum Gasteiger partial charge on any atom is -0.370 e. The molecule has 0 saturated heterocycles. The van der Waals surface area contributed by atoms with Crippen molar-refractivity contribution in [1.29, 1.82) is 0 Å². The van der Waals surface area contributed by atoms with Crippen LogP contribution < -0.4 is 16.4 Å². The monoisotopic (exact) mass is 412 g/mol. The lowest BCUT2D eigenvalue weighted by Gasteiger charge is -2.16. The standard InChI is InChI=1S/C23H20N6O2/c24-19(30)9-11-26-23(31)29-21-14-5-2-1-4-13(14)20-15(21)6-3-7-16(20)22-27-17-8-10-25-12-18(17)28-22/h1-8,10,12,21H,9,11H2,(H2,24,30)(H,27,28)(H2,26,29,31). The van der Waals surface area contributed by atoms with Crippen molar-refractivity contribution < 1.29 is 9.59 Å². The Kier molecular flexibility index (Phi) is 4.59. The molecule has 0 fully saturated rings. The lowest BCUT2D eigenvalue weighted by Crippen LogP contribution is -2.39. The van der Waals surface area contributed by atoms with Gasteiger partial charge in [0.1, 0.15) is 5.82 Å². The smallest absolute Gasteiger partial charge is 0.315 e. The Labute approximate surface area is 177 Å². The summed E-state index contributed by atoms with van der Waals surface area (Å²) in [6, 6.07) is 15.2. The SMILES string of the molecule is NC(=O)CCNC(=O)NC1c2ccccc2-c2c(-c3nc4ccncc4[nH]3)cccc21. The van der Waals surface area contributed by atoms with Gasteiger partial charge in [-0.15, -0.1) is 0 Å². The van der Waals surface area contributed by atoms with E-state index in [0.717, 1.165) is 44.7 Å². The minimum atomic E-state index is -0.456. The Morgan fingerprint density at radius 2 is 1.84 bits per heavy atom. The number of urea groups is 1. The number of H-pyrrole nitrogens is 1. The highest BCUT2D eigenvalue weighted by atomic mass is 16.2. The van der Waals surface area contributed by atoms with Crippen LogP contribution in [0.25, 0.3) is 33.5 Å². The van der Waals surface area contributed by atoms with Gasteiger partial charge < -0.3 is 21.4 Å². The van der Waals surface area contributed by atoms with Gasteiger partial charge >= 0.3 is 6.03 Å². The summed E-state index contributed by atoms with van der Waals surface area (Å²) in [6.07, 6.45) is 3.56. The molecule has 0 bridgehead atoms. The number of nitrogens with two attached hydrogens (primary N) is 1. The Morgan fingerprint density at radius 1 is 1.03 bits per heavy atom. The van der Waals surface area contributed by atoms with Crippen molar-refractivity contribution in [3.8, 4) is 22.5 Å². The van der Waals surface area contributed by atoms with Gasteiger partial charge in [0.2, 0.25) is 5.91 Å². The number of aromatic amines is 1. The molecule has 5 N–H and O–H groups in total. The lowest BCUT2D eigenvalue weighted by atomic mass is 9.99. The van der Waals surface area contributed by atoms with Gasteiger partial charge in [0, 0.05) is 24.7 Å². The number of carbonyl (C=O) groups is 2. The first-order chi connectivity index (χ1) is 15.1. The first kappa shape index (κ1) is 18.8. The molecule has 31 heavy (non-hydrogen) atoms. The van der Waals surface area contributed by atoms with E-state index in [-0.39, 0.29) is 25.0 Å². The predicted molar refractivity (Wildman–Crippen MR) is 117 cm³/mol. The molecule has 154 valence electrons. The predicted octanol–water partition coefficient (Wildman–Crippen LogP) is 2.87. The van der Waals surface area contributed by atoms with Crippen LogP contribution >= 0.6 is 0 Å². The number of carbonyl (C=O) groups excluding carboxylic acids is 2. The summed E-state index contributed by atoms with van der Waals surface area (Å²) in [5, 5.41) is 5.72. The molecule has 1 aliphatic carbocycles. The van der Waals surface area contributed by atoms with Gasteiger partial charge in [-0.25, -0.2) is 9.78 Å². The maximum atomic E-state index is 12.5. The summed E-state index contributed by atoms with van der Waals surface area (Å²) < 4.78 is 0. The molecular weight excluding hydrogens is 392 g/mol. The first-order valence-corrected chi connectivity index (χ1v) is 9.97. The van der Waals surface area contributed by atoms with Crippen LogP contribution in [0.3, 0.4) is 0 Å².